The van der Waals surface area contributed by atoms with Gasteiger partial charge in [-0.25, -0.2) is 0 Å². The van der Waals surface area contributed by atoms with Gasteiger partial charge in [0.2, 0.25) is 5.91 Å². The summed E-state index contributed by atoms with van der Waals surface area (Å²) in [6, 6.07) is 14.9. The Morgan fingerprint density at radius 3 is 2.37 bits per heavy atom. The molecular weight excluding hydrogens is 338 g/mol. The molecule has 4 heteroatoms. The van der Waals surface area contributed by atoms with Gasteiger partial charge in [-0.05, 0) is 54.7 Å². The quantitative estimate of drug-likeness (QED) is 0.877. The lowest BCUT2D eigenvalue weighted by molar-refractivity contribution is -0.119. The number of anilines is 1. The number of allylic oxidation sites excluding steroid dienone is 2. The molecule has 2 aromatic carbocycles. The predicted octanol–water partition coefficient (Wildman–Crippen LogP) is 4.48. The average molecular weight is 361 g/mol. The maximum absolute atomic E-state index is 13.1. The van der Waals surface area contributed by atoms with Gasteiger partial charge >= 0.3 is 0 Å². The summed E-state index contributed by atoms with van der Waals surface area (Å²) in [5, 5.41) is 9.57. The fourth-order valence-electron chi connectivity index (χ4n) is 4.16. The van der Waals surface area contributed by atoms with E-state index in [9.17, 15) is 14.7 Å². The van der Waals surface area contributed by atoms with E-state index in [1.807, 2.05) is 36.4 Å². The van der Waals surface area contributed by atoms with Gasteiger partial charge in [-0.3, -0.25) is 14.5 Å². The van der Waals surface area contributed by atoms with Crippen molar-refractivity contribution < 1.29 is 14.7 Å². The second-order valence-electron chi connectivity index (χ2n) is 7.23. The number of carbonyl (C=O) groups is 2. The fourth-order valence-corrected chi connectivity index (χ4v) is 4.16. The SMILES string of the molecule is CCc1ccc(N2C(=O)CC(c3ccc(O)cc3)C3=C2CCCC3=O)cc1. The monoisotopic (exact) mass is 361 g/mol. The van der Waals surface area contributed by atoms with Crippen LogP contribution in [0.3, 0.4) is 0 Å². The van der Waals surface area contributed by atoms with Crippen molar-refractivity contribution in [1.29, 1.82) is 0 Å². The van der Waals surface area contributed by atoms with E-state index in [2.05, 4.69) is 6.92 Å². The molecule has 0 bridgehead atoms. The van der Waals surface area contributed by atoms with E-state index in [1.54, 1.807) is 17.0 Å². The number of carbonyl (C=O) groups excluding carboxylic acids is 2. The van der Waals surface area contributed by atoms with Crippen LogP contribution in [0, 0.1) is 0 Å². The summed E-state index contributed by atoms with van der Waals surface area (Å²) >= 11 is 0. The molecule has 4 nitrogen and oxygen atoms in total. The van der Waals surface area contributed by atoms with Crippen molar-refractivity contribution in [2.75, 3.05) is 4.90 Å². The lowest BCUT2D eigenvalue weighted by Crippen LogP contribution is -2.40. The highest BCUT2D eigenvalue weighted by atomic mass is 16.3. The second-order valence-corrected chi connectivity index (χ2v) is 7.23. The molecule has 1 atom stereocenters. The largest absolute Gasteiger partial charge is 0.508 e. The molecule has 0 saturated heterocycles. The van der Waals surface area contributed by atoms with Crippen LogP contribution in [0.1, 0.15) is 49.7 Å². The van der Waals surface area contributed by atoms with Crippen molar-refractivity contribution in [1.82, 2.24) is 0 Å². The maximum atomic E-state index is 13.1. The predicted molar refractivity (Wildman–Crippen MR) is 105 cm³/mol. The zero-order valence-electron chi connectivity index (χ0n) is 15.4. The van der Waals surface area contributed by atoms with Crippen molar-refractivity contribution in [3.8, 4) is 5.75 Å². The molecular formula is C23H23NO3. The summed E-state index contributed by atoms with van der Waals surface area (Å²) in [6.45, 7) is 2.10. The Morgan fingerprint density at radius 2 is 1.70 bits per heavy atom. The lowest BCUT2D eigenvalue weighted by atomic mass is 9.77. The topological polar surface area (TPSA) is 57.6 Å². The van der Waals surface area contributed by atoms with E-state index in [-0.39, 0.29) is 29.8 Å². The fraction of sp³-hybridized carbons (Fsp3) is 0.304. The van der Waals surface area contributed by atoms with E-state index >= 15 is 0 Å². The third-order valence-corrected chi connectivity index (χ3v) is 5.57. The van der Waals surface area contributed by atoms with Crippen molar-refractivity contribution in [2.45, 2.75) is 44.9 Å². The van der Waals surface area contributed by atoms with Crippen molar-refractivity contribution in [2.24, 2.45) is 0 Å². The Bertz CT molecular complexity index is 910. The summed E-state index contributed by atoms with van der Waals surface area (Å²) in [7, 11) is 0. The summed E-state index contributed by atoms with van der Waals surface area (Å²) in [6.07, 6.45) is 3.26. The van der Waals surface area contributed by atoms with Crippen LogP contribution in [0.2, 0.25) is 0 Å². The number of amides is 1. The summed E-state index contributed by atoms with van der Waals surface area (Å²) in [5.74, 6) is 0.109. The number of hydrogen-bond donors (Lipinski definition) is 1. The Labute approximate surface area is 159 Å². The van der Waals surface area contributed by atoms with Crippen LogP contribution in [0.25, 0.3) is 0 Å². The van der Waals surface area contributed by atoms with Crippen LogP contribution in [0.15, 0.2) is 59.8 Å². The number of phenolic OH excluding ortho intramolecular Hbond substituents is 1. The molecule has 0 saturated carbocycles. The molecule has 1 aliphatic carbocycles. The Balaban J connectivity index is 1.81. The number of benzene rings is 2. The molecule has 1 N–H and O–H groups in total. The number of nitrogens with zero attached hydrogens (tertiary/aromatic N) is 1. The minimum atomic E-state index is -0.230. The molecule has 27 heavy (non-hydrogen) atoms. The van der Waals surface area contributed by atoms with Gasteiger partial charge in [-0.1, -0.05) is 31.2 Å². The van der Waals surface area contributed by atoms with Gasteiger partial charge in [0.25, 0.3) is 0 Å². The Kier molecular flexibility index (Phi) is 4.56. The van der Waals surface area contributed by atoms with Crippen molar-refractivity contribution >= 4 is 17.4 Å². The molecule has 0 fully saturated rings. The van der Waals surface area contributed by atoms with Crippen molar-refractivity contribution in [3.05, 3.63) is 70.9 Å². The lowest BCUT2D eigenvalue weighted by Gasteiger charge is -2.38. The Morgan fingerprint density at radius 1 is 1.00 bits per heavy atom. The highest BCUT2D eigenvalue weighted by molar-refractivity contribution is 6.07. The first-order valence-electron chi connectivity index (χ1n) is 9.55. The van der Waals surface area contributed by atoms with Crippen LogP contribution >= 0.6 is 0 Å². The molecule has 1 heterocycles. The highest BCUT2D eigenvalue weighted by Gasteiger charge is 2.39. The number of aromatic hydroxyl groups is 1. The van der Waals surface area contributed by atoms with Crippen LogP contribution in [0.4, 0.5) is 5.69 Å². The van der Waals surface area contributed by atoms with Crippen LogP contribution in [-0.4, -0.2) is 16.8 Å². The first-order valence-corrected chi connectivity index (χ1v) is 9.55. The zero-order chi connectivity index (χ0) is 19.0. The van der Waals surface area contributed by atoms with E-state index in [0.29, 0.717) is 6.42 Å². The number of aryl methyl sites for hydroxylation is 1. The molecule has 138 valence electrons. The number of hydrogen-bond acceptors (Lipinski definition) is 3. The molecule has 0 aromatic heterocycles. The van der Waals surface area contributed by atoms with Crippen LogP contribution in [0.5, 0.6) is 5.75 Å². The third-order valence-electron chi connectivity index (χ3n) is 5.57. The smallest absolute Gasteiger partial charge is 0.232 e. The molecule has 2 aromatic rings. The Hall–Kier alpha value is -2.88. The van der Waals surface area contributed by atoms with E-state index in [0.717, 1.165) is 41.8 Å². The van der Waals surface area contributed by atoms with Gasteiger partial charge in [-0.2, -0.15) is 0 Å². The van der Waals surface area contributed by atoms with Crippen LogP contribution < -0.4 is 4.90 Å². The minimum Gasteiger partial charge on any atom is -0.508 e. The molecule has 4 rings (SSSR count). The van der Waals surface area contributed by atoms with Crippen molar-refractivity contribution in [3.63, 3.8) is 0 Å². The van der Waals surface area contributed by atoms with Crippen LogP contribution in [-0.2, 0) is 16.0 Å². The van der Waals surface area contributed by atoms with Gasteiger partial charge in [-0.15, -0.1) is 0 Å². The number of rotatable bonds is 3. The van der Waals surface area contributed by atoms with E-state index in [1.165, 1.54) is 5.56 Å². The molecule has 0 radical (unpaired) electrons. The van der Waals surface area contributed by atoms with Gasteiger partial charge < -0.3 is 5.11 Å². The molecule has 0 spiro atoms. The second kappa shape index (κ2) is 7.03. The van der Waals surface area contributed by atoms with Gasteiger partial charge in [0, 0.05) is 35.7 Å². The molecule has 1 aliphatic heterocycles. The third kappa shape index (κ3) is 3.16. The number of ketones is 1. The van der Waals surface area contributed by atoms with Gasteiger partial charge in [0.1, 0.15) is 5.75 Å². The molecule has 1 unspecified atom stereocenters. The van der Waals surface area contributed by atoms with E-state index < -0.39 is 0 Å². The standard InChI is InChI=1S/C23H23NO3/c1-2-15-6-10-17(11-7-15)24-20-4-3-5-21(26)23(20)19(14-22(24)27)16-8-12-18(25)13-9-16/h6-13,19,25H,2-5,14H2,1H3. The first kappa shape index (κ1) is 17.5. The highest BCUT2D eigenvalue weighted by Crippen LogP contribution is 2.43. The zero-order valence-corrected chi connectivity index (χ0v) is 15.4. The van der Waals surface area contributed by atoms with Gasteiger partial charge in [0.15, 0.2) is 5.78 Å². The number of phenols is 1. The van der Waals surface area contributed by atoms with E-state index in [4.69, 9.17) is 0 Å². The number of Topliss-reactive ketones (excluding diaryl/α,β-unsaturated/α-hetero) is 1. The first-order chi connectivity index (χ1) is 13.1. The minimum absolute atomic E-state index is 0.0192. The van der Waals surface area contributed by atoms with Gasteiger partial charge in [0.05, 0.1) is 0 Å². The molecule has 1 amide bonds. The molecule has 2 aliphatic rings. The average Bonchev–Trinajstić information content (AvgIpc) is 2.68. The summed E-state index contributed by atoms with van der Waals surface area (Å²) in [5.41, 5.74) is 4.59. The summed E-state index contributed by atoms with van der Waals surface area (Å²) < 4.78 is 0. The maximum Gasteiger partial charge on any atom is 0.232 e. The summed E-state index contributed by atoms with van der Waals surface area (Å²) in [4.78, 5) is 27.7. The normalized spacial score (nSPS) is 20.0.